The van der Waals surface area contributed by atoms with E-state index >= 15 is 0 Å². The number of likely N-dealkylation sites (tertiary alicyclic amines) is 1. The van der Waals surface area contributed by atoms with Gasteiger partial charge in [-0.15, -0.1) is 5.10 Å². The Morgan fingerprint density at radius 1 is 1.38 bits per heavy atom. The molecule has 1 unspecified atom stereocenters. The van der Waals surface area contributed by atoms with Gasteiger partial charge in [-0.1, -0.05) is 30.0 Å². The molecular weight excluding hydrogens is 386 g/mol. The second kappa shape index (κ2) is 9.21. The summed E-state index contributed by atoms with van der Waals surface area (Å²) in [6.45, 7) is 4.10. The number of benzene rings is 1. The van der Waals surface area contributed by atoms with Crippen LogP contribution >= 0.6 is 35.3 Å². The number of rotatable bonds is 8. The highest BCUT2D eigenvalue weighted by Gasteiger charge is 2.33. The maximum Gasteiger partial charge on any atom is 0.185 e. The first-order valence-corrected chi connectivity index (χ1v) is 11.1. The smallest absolute Gasteiger partial charge is 0.185 e. The number of thioether (sulfide) groups is 1. The van der Waals surface area contributed by atoms with Gasteiger partial charge in [0.2, 0.25) is 0 Å². The van der Waals surface area contributed by atoms with Crippen molar-refractivity contribution in [3.8, 4) is 11.5 Å². The summed E-state index contributed by atoms with van der Waals surface area (Å²) >= 11 is 8.96. The lowest BCUT2D eigenvalue weighted by Gasteiger charge is -2.23. The van der Waals surface area contributed by atoms with E-state index in [9.17, 15) is 0 Å². The number of ether oxygens (including phenoxy) is 2. The van der Waals surface area contributed by atoms with Crippen LogP contribution in [0.1, 0.15) is 37.8 Å². The van der Waals surface area contributed by atoms with Gasteiger partial charge >= 0.3 is 0 Å². The van der Waals surface area contributed by atoms with Crippen LogP contribution in [0.3, 0.4) is 0 Å². The first-order chi connectivity index (χ1) is 12.7. The molecule has 2 heterocycles. The van der Waals surface area contributed by atoms with Crippen LogP contribution in [0.4, 0.5) is 0 Å². The van der Waals surface area contributed by atoms with E-state index in [1.54, 1.807) is 37.3 Å². The minimum atomic E-state index is 0.371. The van der Waals surface area contributed by atoms with Crippen molar-refractivity contribution in [3.63, 3.8) is 0 Å². The van der Waals surface area contributed by atoms with Crippen LogP contribution in [-0.2, 0) is 6.67 Å². The number of nitrogens with zero attached hydrogens (tertiary/aromatic N) is 2. The third kappa shape index (κ3) is 4.42. The molecule has 2 atom stereocenters. The third-order valence-electron chi connectivity index (χ3n) is 4.67. The number of aromatic nitrogens is 2. The molecule has 1 saturated heterocycles. The summed E-state index contributed by atoms with van der Waals surface area (Å²) in [4.78, 5) is 1.48. The summed E-state index contributed by atoms with van der Waals surface area (Å²) in [7, 11) is 3.43. The average molecular weight is 413 g/mol. The summed E-state index contributed by atoms with van der Waals surface area (Å²) < 4.78 is 15.0. The van der Waals surface area contributed by atoms with E-state index in [4.69, 9.17) is 26.8 Å². The lowest BCUT2D eigenvalue weighted by molar-refractivity contribution is -0.941. The fourth-order valence-electron chi connectivity index (χ4n) is 3.42. The molecule has 0 aliphatic carbocycles. The Morgan fingerprint density at radius 3 is 2.96 bits per heavy atom. The minimum absolute atomic E-state index is 0.371. The normalized spacial score (nSPS) is 19.7. The molecule has 1 aliphatic rings. The first kappa shape index (κ1) is 19.7. The Bertz CT molecular complexity index is 790. The van der Waals surface area contributed by atoms with Crippen LogP contribution in [0.2, 0.25) is 0 Å². The molecule has 1 aromatic heterocycles. The minimum Gasteiger partial charge on any atom is -0.497 e. The molecule has 5 nitrogen and oxygen atoms in total. The lowest BCUT2D eigenvalue weighted by Crippen LogP contribution is -3.09. The van der Waals surface area contributed by atoms with Crippen LogP contribution in [0.5, 0.6) is 11.5 Å². The van der Waals surface area contributed by atoms with Gasteiger partial charge in [-0.2, -0.15) is 4.68 Å². The maximum atomic E-state index is 5.61. The van der Waals surface area contributed by atoms with Crippen LogP contribution in [0.15, 0.2) is 22.5 Å². The summed E-state index contributed by atoms with van der Waals surface area (Å²) in [6.07, 6.45) is 3.47. The Balaban J connectivity index is 1.81. The molecular formula is C18H26N3O2S3+. The highest BCUT2D eigenvalue weighted by molar-refractivity contribution is 8.01. The second-order valence-electron chi connectivity index (χ2n) is 6.35. The molecule has 1 aromatic carbocycles. The fraction of sp³-hybridized carbons (Fsp3) is 0.556. The number of nitrogens with one attached hydrogen (secondary N) is 1. The Labute approximate surface area is 168 Å². The van der Waals surface area contributed by atoms with E-state index in [0.29, 0.717) is 6.04 Å². The molecule has 1 aliphatic heterocycles. The van der Waals surface area contributed by atoms with Gasteiger partial charge in [-0.05, 0) is 36.8 Å². The quantitative estimate of drug-likeness (QED) is 0.530. The van der Waals surface area contributed by atoms with Gasteiger partial charge in [0.1, 0.15) is 17.5 Å². The van der Waals surface area contributed by atoms with Crippen molar-refractivity contribution in [1.82, 2.24) is 9.78 Å². The van der Waals surface area contributed by atoms with Crippen molar-refractivity contribution >= 4 is 35.3 Å². The highest BCUT2D eigenvalue weighted by Crippen LogP contribution is 2.32. The van der Waals surface area contributed by atoms with Gasteiger partial charge < -0.3 is 14.4 Å². The van der Waals surface area contributed by atoms with Gasteiger partial charge in [0.05, 0.1) is 26.3 Å². The average Bonchev–Trinajstić information content (AvgIpc) is 3.26. The first-order valence-electron chi connectivity index (χ1n) is 8.93. The van der Waals surface area contributed by atoms with Crippen molar-refractivity contribution in [1.29, 1.82) is 0 Å². The standard InChI is InChI=1S/C18H25N3O2S3/c1-4-10-25-17-19-21(18(24)26-17)12-20-9-5-6-15(20)14-11-13(22-2)7-8-16(14)23-3/h7-8,11,15H,4-6,9-10,12H2,1-3H3/p+1/t15-/m1/s1. The SMILES string of the molecule is CCCSc1nn(C[NH+]2CCC[C@@H]2c2cc(OC)ccc2OC)c(=S)s1. The van der Waals surface area contributed by atoms with Crippen LogP contribution in [0, 0.1) is 3.95 Å². The van der Waals surface area contributed by atoms with Crippen molar-refractivity contribution in [2.24, 2.45) is 0 Å². The second-order valence-corrected chi connectivity index (χ2v) is 9.32. The van der Waals surface area contributed by atoms with Crippen LogP contribution < -0.4 is 14.4 Å². The molecule has 0 spiro atoms. The zero-order chi connectivity index (χ0) is 18.5. The molecule has 0 saturated carbocycles. The molecule has 142 valence electrons. The van der Waals surface area contributed by atoms with Crippen LogP contribution in [-0.4, -0.2) is 36.3 Å². The van der Waals surface area contributed by atoms with Gasteiger partial charge in [-0.3, -0.25) is 0 Å². The Morgan fingerprint density at radius 2 is 2.23 bits per heavy atom. The van der Waals surface area contributed by atoms with Crippen molar-refractivity contribution in [2.45, 2.75) is 43.2 Å². The Hall–Kier alpha value is -1.09. The summed E-state index contributed by atoms with van der Waals surface area (Å²) in [5.74, 6) is 2.88. The van der Waals surface area contributed by atoms with E-state index in [-0.39, 0.29) is 0 Å². The largest absolute Gasteiger partial charge is 0.497 e. The van der Waals surface area contributed by atoms with Gasteiger partial charge in [0.25, 0.3) is 0 Å². The van der Waals surface area contributed by atoms with Crippen molar-refractivity contribution < 1.29 is 14.4 Å². The number of quaternary nitrogens is 1. The topological polar surface area (TPSA) is 40.7 Å². The van der Waals surface area contributed by atoms with E-state index in [0.717, 1.165) is 51.6 Å². The predicted molar refractivity (Wildman–Crippen MR) is 109 cm³/mol. The molecule has 2 aromatic rings. The zero-order valence-electron chi connectivity index (χ0n) is 15.5. The lowest BCUT2D eigenvalue weighted by atomic mass is 10.0. The number of hydrogen-bond acceptors (Lipinski definition) is 6. The molecule has 1 N–H and O–H groups in total. The summed E-state index contributed by atoms with van der Waals surface area (Å²) in [5, 5.41) is 4.73. The third-order valence-corrected chi connectivity index (χ3v) is 7.31. The van der Waals surface area contributed by atoms with Crippen molar-refractivity contribution in [2.75, 3.05) is 26.5 Å². The summed E-state index contributed by atoms with van der Waals surface area (Å²) in [6, 6.07) is 6.43. The van der Waals surface area contributed by atoms with Gasteiger partial charge in [-0.25, -0.2) is 0 Å². The molecule has 8 heteroatoms. The maximum absolute atomic E-state index is 5.61. The summed E-state index contributed by atoms with van der Waals surface area (Å²) in [5.41, 5.74) is 1.21. The van der Waals surface area contributed by atoms with Crippen LogP contribution in [0.25, 0.3) is 0 Å². The van der Waals surface area contributed by atoms with E-state index in [1.165, 1.54) is 16.9 Å². The highest BCUT2D eigenvalue weighted by atomic mass is 32.2. The van der Waals surface area contributed by atoms with Gasteiger partial charge in [0.15, 0.2) is 15.0 Å². The molecule has 0 radical (unpaired) electrons. The van der Waals surface area contributed by atoms with E-state index in [2.05, 4.69) is 13.0 Å². The van der Waals surface area contributed by atoms with Gasteiger partial charge in [0, 0.05) is 18.6 Å². The monoisotopic (exact) mass is 412 g/mol. The number of hydrogen-bond donors (Lipinski definition) is 1. The molecule has 1 fully saturated rings. The molecule has 26 heavy (non-hydrogen) atoms. The number of methoxy groups -OCH3 is 2. The zero-order valence-corrected chi connectivity index (χ0v) is 17.9. The molecule has 0 amide bonds. The van der Waals surface area contributed by atoms with E-state index in [1.807, 2.05) is 16.8 Å². The Kier molecular flexibility index (Phi) is 6.97. The fourth-order valence-corrected chi connectivity index (χ4v) is 5.67. The van der Waals surface area contributed by atoms with Crippen molar-refractivity contribution in [3.05, 3.63) is 27.7 Å². The predicted octanol–water partition coefficient (Wildman–Crippen LogP) is 3.57. The molecule has 0 bridgehead atoms. The molecule has 3 rings (SSSR count). The van der Waals surface area contributed by atoms with E-state index < -0.39 is 0 Å².